The van der Waals surface area contributed by atoms with Gasteiger partial charge in [-0.3, -0.25) is 14.4 Å². The summed E-state index contributed by atoms with van der Waals surface area (Å²) in [6.45, 7) is 7.87. The Morgan fingerprint density at radius 1 is 1.30 bits per heavy atom. The minimum Gasteiger partial charge on any atom is -0.481 e. The summed E-state index contributed by atoms with van der Waals surface area (Å²) in [5.41, 5.74) is -0.560. The van der Waals surface area contributed by atoms with Crippen LogP contribution in [0.5, 0.6) is 0 Å². The zero-order valence-corrected chi connectivity index (χ0v) is 19.5. The van der Waals surface area contributed by atoms with Gasteiger partial charge in [-0.15, -0.1) is 0 Å². The van der Waals surface area contributed by atoms with Gasteiger partial charge >= 0.3 is 11.9 Å². The van der Waals surface area contributed by atoms with Gasteiger partial charge in [0, 0.05) is 18.3 Å². The minimum absolute atomic E-state index is 0.0198. The van der Waals surface area contributed by atoms with E-state index in [1.807, 2.05) is 6.08 Å². The van der Waals surface area contributed by atoms with Crippen LogP contribution in [0.4, 0.5) is 0 Å². The number of ketones is 1. The molecule has 9 atom stereocenters. The molecule has 0 bridgehead atoms. The molecule has 0 aliphatic heterocycles. The first-order chi connectivity index (χ1) is 15.6. The number of hydrogen-bond donors (Lipinski definition) is 2. The Balaban J connectivity index is 1.46. The zero-order chi connectivity index (χ0) is 23.8. The lowest BCUT2D eigenvalue weighted by molar-refractivity contribution is -0.173. The zero-order valence-electron chi connectivity index (χ0n) is 19.5. The maximum atomic E-state index is 12.5. The first-order valence-electron chi connectivity index (χ1n) is 12.2. The molecule has 3 fully saturated rings. The van der Waals surface area contributed by atoms with Gasteiger partial charge in [0.25, 0.3) is 0 Å². The lowest BCUT2D eigenvalue weighted by atomic mass is 9.46. The molecule has 0 amide bonds. The number of aliphatic carboxylic acids is 1. The van der Waals surface area contributed by atoms with Crippen LogP contribution in [0.1, 0.15) is 52.4 Å². The van der Waals surface area contributed by atoms with Crippen LogP contribution < -0.4 is 0 Å². The summed E-state index contributed by atoms with van der Waals surface area (Å²) in [5, 5.41) is 21.9. The smallest absolute Gasteiger partial charge is 0.320 e. The monoisotopic (exact) mass is 454 g/mol. The number of rotatable bonds is 6. The SMILES string of the molecule is C=CCOC(=O)C(C[C@]1(O)[C@H]2C[C@H]2[C@H]2[C@@H]3C=CC4=CC(=O)CC[C@]4(C)[C@H]3CC[C@@]21C)C(=O)O. The highest BCUT2D eigenvalue weighted by Gasteiger charge is 2.76. The van der Waals surface area contributed by atoms with E-state index in [1.165, 1.54) is 6.08 Å². The molecule has 5 aliphatic carbocycles. The van der Waals surface area contributed by atoms with Gasteiger partial charge in [-0.25, -0.2) is 0 Å². The quantitative estimate of drug-likeness (QED) is 0.361. The number of ether oxygens (including phenoxy) is 1. The van der Waals surface area contributed by atoms with Crippen molar-refractivity contribution in [3.8, 4) is 0 Å². The van der Waals surface area contributed by atoms with E-state index in [-0.39, 0.29) is 36.1 Å². The standard InChI is InChI=1S/C27H34O6/c1-4-11-33-24(31)19(23(29)30)14-27(32)21-13-18(21)22-17-6-5-15-12-16(28)7-9-25(15,2)20(17)8-10-26(22,27)3/h4-6,12,17-22,32H,1,7-11,13-14H2,2-3H3,(H,29,30)/t17-,18-,19?,20+,21+,22-,25+,26+,27+/m1/s1. The van der Waals surface area contributed by atoms with Gasteiger partial charge in [0.05, 0.1) is 5.60 Å². The molecule has 0 heterocycles. The van der Waals surface area contributed by atoms with Crippen molar-refractivity contribution in [2.45, 2.75) is 58.0 Å². The summed E-state index contributed by atoms with van der Waals surface area (Å²) in [7, 11) is 0. The fourth-order valence-electron chi connectivity index (χ4n) is 8.33. The van der Waals surface area contributed by atoms with Crippen LogP contribution in [-0.4, -0.2) is 40.1 Å². The highest BCUT2D eigenvalue weighted by atomic mass is 16.5. The number of allylic oxidation sites excluding steroid dienone is 4. The molecule has 2 N–H and O–H groups in total. The number of carbonyl (C=O) groups excluding carboxylic acids is 2. The second kappa shape index (κ2) is 7.39. The summed E-state index contributed by atoms with van der Waals surface area (Å²) >= 11 is 0. The number of esters is 1. The predicted molar refractivity (Wildman–Crippen MR) is 121 cm³/mol. The topological polar surface area (TPSA) is 101 Å². The van der Waals surface area contributed by atoms with Crippen molar-refractivity contribution in [2.24, 2.45) is 46.3 Å². The molecule has 6 heteroatoms. The fourth-order valence-corrected chi connectivity index (χ4v) is 8.33. The normalized spacial score (nSPS) is 45.6. The average molecular weight is 455 g/mol. The fraction of sp³-hybridized carbons (Fsp3) is 0.667. The molecule has 0 radical (unpaired) electrons. The largest absolute Gasteiger partial charge is 0.481 e. The Morgan fingerprint density at radius 3 is 2.76 bits per heavy atom. The predicted octanol–water partition coefficient (Wildman–Crippen LogP) is 3.70. The number of carbonyl (C=O) groups is 3. The van der Waals surface area contributed by atoms with Crippen LogP contribution in [-0.2, 0) is 19.1 Å². The van der Waals surface area contributed by atoms with Crippen LogP contribution in [0.25, 0.3) is 0 Å². The Labute approximate surface area is 194 Å². The summed E-state index contributed by atoms with van der Waals surface area (Å²) < 4.78 is 5.06. The molecule has 0 spiro atoms. The molecule has 5 rings (SSSR count). The van der Waals surface area contributed by atoms with Gasteiger partial charge < -0.3 is 14.9 Å². The molecular formula is C27H34O6. The van der Waals surface area contributed by atoms with E-state index in [0.717, 1.165) is 31.3 Å². The third kappa shape index (κ3) is 3.05. The van der Waals surface area contributed by atoms with Crippen molar-refractivity contribution >= 4 is 17.7 Å². The third-order valence-electron chi connectivity index (χ3n) is 10.1. The van der Waals surface area contributed by atoms with Gasteiger partial charge in [-0.1, -0.05) is 38.7 Å². The van der Waals surface area contributed by atoms with Crippen molar-refractivity contribution in [1.29, 1.82) is 0 Å². The van der Waals surface area contributed by atoms with E-state index in [1.54, 1.807) is 0 Å². The van der Waals surface area contributed by atoms with Crippen molar-refractivity contribution in [3.63, 3.8) is 0 Å². The molecule has 3 saturated carbocycles. The Kier molecular flexibility index (Phi) is 5.06. The Bertz CT molecular complexity index is 979. The highest BCUT2D eigenvalue weighted by molar-refractivity contribution is 5.94. The van der Waals surface area contributed by atoms with E-state index >= 15 is 0 Å². The summed E-state index contributed by atoms with van der Waals surface area (Å²) in [4.78, 5) is 36.5. The number of aliphatic hydroxyl groups is 1. The third-order valence-corrected chi connectivity index (χ3v) is 10.1. The van der Waals surface area contributed by atoms with Crippen LogP contribution in [0.15, 0.2) is 36.5 Å². The second-order valence-electron chi connectivity index (χ2n) is 11.5. The molecular weight excluding hydrogens is 420 g/mol. The number of carboxylic acid groups (broad SMARTS) is 1. The maximum absolute atomic E-state index is 12.5. The first kappa shape index (κ1) is 22.6. The van der Waals surface area contributed by atoms with Crippen LogP contribution in [0.3, 0.4) is 0 Å². The molecule has 0 aromatic heterocycles. The van der Waals surface area contributed by atoms with Gasteiger partial charge in [0.1, 0.15) is 6.61 Å². The van der Waals surface area contributed by atoms with E-state index < -0.39 is 28.9 Å². The minimum atomic E-state index is -1.39. The van der Waals surface area contributed by atoms with Crippen molar-refractivity contribution in [1.82, 2.24) is 0 Å². The van der Waals surface area contributed by atoms with E-state index in [9.17, 15) is 24.6 Å². The molecule has 0 aromatic rings. The number of hydrogen-bond acceptors (Lipinski definition) is 5. The second-order valence-corrected chi connectivity index (χ2v) is 11.5. The average Bonchev–Trinajstić information content (AvgIpc) is 3.53. The van der Waals surface area contributed by atoms with Gasteiger partial charge in [-0.2, -0.15) is 0 Å². The number of carboxylic acids is 1. The maximum Gasteiger partial charge on any atom is 0.320 e. The summed E-state index contributed by atoms with van der Waals surface area (Å²) in [6, 6.07) is 0. The van der Waals surface area contributed by atoms with E-state index in [4.69, 9.17) is 4.74 Å². The molecule has 1 unspecified atom stereocenters. The Hall–Kier alpha value is -2.21. The van der Waals surface area contributed by atoms with E-state index in [2.05, 4.69) is 32.6 Å². The molecule has 0 saturated heterocycles. The molecule has 178 valence electrons. The molecule has 6 nitrogen and oxygen atoms in total. The number of fused-ring (bicyclic) bond motifs is 7. The van der Waals surface area contributed by atoms with Gasteiger partial charge in [-0.05, 0) is 72.3 Å². The van der Waals surface area contributed by atoms with Crippen molar-refractivity contribution in [2.75, 3.05) is 6.61 Å². The van der Waals surface area contributed by atoms with Crippen molar-refractivity contribution < 1.29 is 29.3 Å². The molecule has 33 heavy (non-hydrogen) atoms. The van der Waals surface area contributed by atoms with Crippen LogP contribution in [0.2, 0.25) is 0 Å². The van der Waals surface area contributed by atoms with Gasteiger partial charge in [0.15, 0.2) is 11.7 Å². The summed E-state index contributed by atoms with van der Waals surface area (Å²) in [6.07, 6.45) is 11.5. The molecule has 5 aliphatic rings. The lowest BCUT2D eigenvalue weighted by Gasteiger charge is -2.58. The molecule has 0 aromatic carbocycles. The Morgan fingerprint density at radius 2 is 2.06 bits per heavy atom. The highest BCUT2D eigenvalue weighted by Crippen LogP contribution is 2.77. The van der Waals surface area contributed by atoms with Crippen LogP contribution >= 0.6 is 0 Å². The summed E-state index contributed by atoms with van der Waals surface area (Å²) in [5.74, 6) is -1.92. The first-order valence-corrected chi connectivity index (χ1v) is 12.2. The van der Waals surface area contributed by atoms with Crippen molar-refractivity contribution in [3.05, 3.63) is 36.5 Å². The van der Waals surface area contributed by atoms with E-state index in [0.29, 0.717) is 24.2 Å². The van der Waals surface area contributed by atoms with Gasteiger partial charge in [0.2, 0.25) is 0 Å². The lowest BCUT2D eigenvalue weighted by Crippen LogP contribution is -2.57. The van der Waals surface area contributed by atoms with Crippen LogP contribution in [0, 0.1) is 46.3 Å².